The van der Waals surface area contributed by atoms with Gasteiger partial charge in [-0.1, -0.05) is 12.8 Å². The van der Waals surface area contributed by atoms with E-state index in [1.165, 1.54) is 6.07 Å². The zero-order valence-electron chi connectivity index (χ0n) is 15.1. The van der Waals surface area contributed by atoms with Gasteiger partial charge in [0.15, 0.2) is 0 Å². The van der Waals surface area contributed by atoms with Gasteiger partial charge in [0, 0.05) is 44.6 Å². The van der Waals surface area contributed by atoms with E-state index >= 15 is 0 Å². The van der Waals surface area contributed by atoms with Crippen LogP contribution in [0.4, 0.5) is 5.95 Å². The summed E-state index contributed by atoms with van der Waals surface area (Å²) < 4.78 is 5.22. The number of H-pyrrole nitrogens is 1. The van der Waals surface area contributed by atoms with Crippen LogP contribution >= 0.6 is 0 Å². The van der Waals surface area contributed by atoms with Crippen LogP contribution in [0, 0.1) is 12.3 Å². The molecule has 25 heavy (non-hydrogen) atoms. The van der Waals surface area contributed by atoms with Crippen molar-refractivity contribution < 1.29 is 9.53 Å². The summed E-state index contributed by atoms with van der Waals surface area (Å²) in [4.78, 5) is 33.8. The smallest absolute Gasteiger partial charge is 0.252 e. The molecule has 1 saturated carbocycles. The molecule has 2 aliphatic rings. The maximum absolute atomic E-state index is 12.9. The van der Waals surface area contributed by atoms with E-state index in [1.807, 2.05) is 11.8 Å². The monoisotopic (exact) mass is 348 g/mol. The van der Waals surface area contributed by atoms with Crippen molar-refractivity contribution in [1.29, 1.82) is 0 Å². The topological polar surface area (TPSA) is 87.3 Å². The van der Waals surface area contributed by atoms with Crippen LogP contribution in [0.1, 0.15) is 44.2 Å². The summed E-state index contributed by atoms with van der Waals surface area (Å²) >= 11 is 0. The highest BCUT2D eigenvalue weighted by atomic mass is 16.5. The first kappa shape index (κ1) is 17.9. The quantitative estimate of drug-likeness (QED) is 0.811. The zero-order valence-corrected chi connectivity index (χ0v) is 15.1. The Kier molecular flexibility index (Phi) is 5.42. The van der Waals surface area contributed by atoms with Gasteiger partial charge < -0.3 is 15.0 Å². The first-order valence-corrected chi connectivity index (χ1v) is 9.15. The number of amides is 1. The van der Waals surface area contributed by atoms with E-state index in [9.17, 15) is 9.59 Å². The molecule has 0 bridgehead atoms. The molecule has 138 valence electrons. The fourth-order valence-corrected chi connectivity index (χ4v) is 4.06. The number of aryl methyl sites for hydroxylation is 1. The molecule has 1 aromatic rings. The molecular weight excluding hydrogens is 320 g/mol. The number of hydrogen-bond acceptors (Lipinski definition) is 5. The number of anilines is 1. The van der Waals surface area contributed by atoms with Gasteiger partial charge in [-0.25, -0.2) is 4.98 Å². The molecule has 1 unspecified atom stereocenters. The molecule has 0 radical (unpaired) electrons. The first-order chi connectivity index (χ1) is 12.0. The van der Waals surface area contributed by atoms with E-state index < -0.39 is 0 Å². The summed E-state index contributed by atoms with van der Waals surface area (Å²) in [6.07, 6.45) is 5.78. The normalized spacial score (nSPS) is 22.3. The molecule has 0 aromatic carbocycles. The molecule has 3 rings (SSSR count). The molecule has 7 heteroatoms. The maximum Gasteiger partial charge on any atom is 0.252 e. The fourth-order valence-electron chi connectivity index (χ4n) is 4.06. The molecule has 0 spiro atoms. The summed E-state index contributed by atoms with van der Waals surface area (Å²) in [5.74, 6) is 0.760. The Labute approximate surface area is 148 Å². The van der Waals surface area contributed by atoms with Gasteiger partial charge in [-0.3, -0.25) is 14.6 Å². The van der Waals surface area contributed by atoms with E-state index in [1.54, 1.807) is 7.11 Å². The van der Waals surface area contributed by atoms with E-state index in [0.717, 1.165) is 45.1 Å². The average molecular weight is 348 g/mol. The van der Waals surface area contributed by atoms with Crippen molar-refractivity contribution >= 4 is 11.9 Å². The molecular formula is C18H28N4O3. The van der Waals surface area contributed by atoms with Crippen LogP contribution in [0.2, 0.25) is 0 Å². The number of nitrogens with zero attached hydrogens (tertiary/aromatic N) is 2. The van der Waals surface area contributed by atoms with Crippen LogP contribution in [0.5, 0.6) is 0 Å². The second-order valence-electron chi connectivity index (χ2n) is 7.35. The molecule has 1 aliphatic heterocycles. The summed E-state index contributed by atoms with van der Waals surface area (Å²) in [5, 5.41) is 3.24. The molecule has 1 aliphatic carbocycles. The highest BCUT2D eigenvalue weighted by Crippen LogP contribution is 2.41. The third-order valence-electron chi connectivity index (χ3n) is 5.51. The Morgan fingerprint density at radius 2 is 2.24 bits per heavy atom. The molecule has 2 fully saturated rings. The van der Waals surface area contributed by atoms with E-state index in [2.05, 4.69) is 15.3 Å². The first-order valence-electron chi connectivity index (χ1n) is 9.15. The number of carbonyl (C=O) groups excluding carboxylic acids is 1. The maximum atomic E-state index is 12.9. The van der Waals surface area contributed by atoms with Gasteiger partial charge in [0.05, 0.1) is 5.41 Å². The van der Waals surface area contributed by atoms with Crippen molar-refractivity contribution in [2.45, 2.75) is 51.5 Å². The number of hydrogen-bond donors (Lipinski definition) is 2. The highest BCUT2D eigenvalue weighted by Gasteiger charge is 2.41. The number of methoxy groups -OCH3 is 1. The van der Waals surface area contributed by atoms with Crippen molar-refractivity contribution in [2.24, 2.45) is 5.41 Å². The van der Waals surface area contributed by atoms with Crippen molar-refractivity contribution in [3.05, 3.63) is 22.1 Å². The van der Waals surface area contributed by atoms with Crippen LogP contribution in [0.3, 0.4) is 0 Å². The van der Waals surface area contributed by atoms with Crippen molar-refractivity contribution in [1.82, 2.24) is 15.3 Å². The predicted octanol–water partition coefficient (Wildman–Crippen LogP) is 1.37. The van der Waals surface area contributed by atoms with Crippen molar-refractivity contribution in [3.63, 3.8) is 0 Å². The number of carbonyl (C=O) groups is 1. The Bertz CT molecular complexity index is 667. The minimum atomic E-state index is -0.265. The van der Waals surface area contributed by atoms with Gasteiger partial charge in [-0.15, -0.1) is 0 Å². The van der Waals surface area contributed by atoms with Crippen LogP contribution in [-0.4, -0.2) is 48.7 Å². The summed E-state index contributed by atoms with van der Waals surface area (Å²) in [6.45, 7) is 3.90. The minimum Gasteiger partial charge on any atom is -0.385 e. The lowest BCUT2D eigenvalue weighted by molar-refractivity contribution is -0.132. The molecule has 1 amide bonds. The van der Waals surface area contributed by atoms with E-state index in [-0.39, 0.29) is 22.9 Å². The molecule has 2 heterocycles. The van der Waals surface area contributed by atoms with Crippen LogP contribution in [-0.2, 0) is 9.53 Å². The zero-order chi connectivity index (χ0) is 17.9. The van der Waals surface area contributed by atoms with Gasteiger partial charge in [-0.2, -0.15) is 0 Å². The van der Waals surface area contributed by atoms with Gasteiger partial charge in [0.2, 0.25) is 11.9 Å². The predicted molar refractivity (Wildman–Crippen MR) is 95.7 cm³/mol. The Hall–Kier alpha value is -1.89. The number of aromatic nitrogens is 2. The SMILES string of the molecule is COCCC1(C(=O)NC2CCN(c3nc(C)cc(=O)[nH]3)C2)CCCC1. The third-order valence-corrected chi connectivity index (χ3v) is 5.51. The Balaban J connectivity index is 1.62. The highest BCUT2D eigenvalue weighted by molar-refractivity contribution is 5.83. The molecule has 1 atom stereocenters. The van der Waals surface area contributed by atoms with Crippen LogP contribution in [0.15, 0.2) is 10.9 Å². The Morgan fingerprint density at radius 3 is 2.92 bits per heavy atom. The van der Waals surface area contributed by atoms with Crippen LogP contribution < -0.4 is 15.8 Å². The van der Waals surface area contributed by atoms with Gasteiger partial charge in [-0.05, 0) is 32.6 Å². The lowest BCUT2D eigenvalue weighted by Gasteiger charge is -2.29. The molecule has 1 saturated heterocycles. The summed E-state index contributed by atoms with van der Waals surface area (Å²) in [6, 6.07) is 1.58. The molecule has 2 N–H and O–H groups in total. The van der Waals surface area contributed by atoms with Gasteiger partial charge in [0.1, 0.15) is 0 Å². The van der Waals surface area contributed by atoms with Crippen molar-refractivity contribution in [2.75, 3.05) is 31.7 Å². The standard InChI is InChI=1S/C18H28N4O3/c1-13-11-15(23)21-17(19-13)22-9-5-14(12-22)20-16(24)18(8-10-25-2)6-3-4-7-18/h11,14H,3-10,12H2,1-2H3,(H,20,24)(H,19,21,23). The van der Waals surface area contributed by atoms with E-state index in [4.69, 9.17) is 4.74 Å². The minimum absolute atomic E-state index is 0.0957. The second kappa shape index (κ2) is 7.56. The number of aromatic amines is 1. The van der Waals surface area contributed by atoms with E-state index in [0.29, 0.717) is 24.8 Å². The van der Waals surface area contributed by atoms with Gasteiger partial charge in [0.25, 0.3) is 5.56 Å². The fraction of sp³-hybridized carbons (Fsp3) is 0.722. The lowest BCUT2D eigenvalue weighted by Crippen LogP contribution is -2.46. The van der Waals surface area contributed by atoms with Crippen LogP contribution in [0.25, 0.3) is 0 Å². The largest absolute Gasteiger partial charge is 0.385 e. The Morgan fingerprint density at radius 1 is 1.48 bits per heavy atom. The number of rotatable bonds is 6. The third kappa shape index (κ3) is 4.03. The summed E-state index contributed by atoms with van der Waals surface area (Å²) in [7, 11) is 1.69. The van der Waals surface area contributed by atoms with Gasteiger partial charge >= 0.3 is 0 Å². The van der Waals surface area contributed by atoms with Crippen molar-refractivity contribution in [3.8, 4) is 0 Å². The molecule has 7 nitrogen and oxygen atoms in total. The lowest BCUT2D eigenvalue weighted by atomic mass is 9.81. The second-order valence-corrected chi connectivity index (χ2v) is 7.35. The average Bonchev–Trinajstić information content (AvgIpc) is 3.22. The molecule has 1 aromatic heterocycles. The number of nitrogens with one attached hydrogen (secondary N) is 2. The number of ether oxygens (including phenoxy) is 1. The summed E-state index contributed by atoms with van der Waals surface area (Å²) in [5.41, 5.74) is 0.300.